The number of nitrogens with zero attached hydrogens (tertiary/aromatic N) is 1. The van der Waals surface area contributed by atoms with E-state index in [9.17, 15) is 0 Å². The van der Waals surface area contributed by atoms with Crippen LogP contribution < -0.4 is 11.1 Å². The number of rotatable bonds is 4. The smallest absolute Gasteiger partial charge is 0.0726 e. The molecule has 0 aliphatic heterocycles. The molecule has 1 aromatic carbocycles. The van der Waals surface area contributed by atoms with Crippen LogP contribution in [0.2, 0.25) is 0 Å². The molecular weight excluding hydrogens is 334 g/mol. The molecule has 2 aromatic heterocycles. The molecule has 0 bridgehead atoms. The Morgan fingerprint density at radius 1 is 1.20 bits per heavy atom. The zero-order valence-electron chi connectivity index (χ0n) is 10.8. The Balaban J connectivity index is 1.71. The number of thiophene rings is 1. The standard InChI is InChI=1S/C15H14BrN3S/c16-10-5-12(20-9-10)8-18-7-11-6-14(17)13-3-1-2-4-15(13)19-11/h1-6,9,18H,7-8H2,(H2,17,19). The molecule has 0 radical (unpaired) electrons. The molecule has 0 saturated carbocycles. The molecule has 0 unspecified atom stereocenters. The van der Waals surface area contributed by atoms with E-state index in [1.54, 1.807) is 11.3 Å². The summed E-state index contributed by atoms with van der Waals surface area (Å²) >= 11 is 5.20. The Morgan fingerprint density at radius 2 is 2.05 bits per heavy atom. The minimum absolute atomic E-state index is 0.713. The van der Waals surface area contributed by atoms with E-state index in [4.69, 9.17) is 5.73 Å². The van der Waals surface area contributed by atoms with E-state index in [0.29, 0.717) is 6.54 Å². The van der Waals surface area contributed by atoms with E-state index in [0.717, 1.165) is 33.3 Å². The van der Waals surface area contributed by atoms with Crippen LogP contribution in [-0.4, -0.2) is 4.98 Å². The number of nitrogens with one attached hydrogen (secondary N) is 1. The molecule has 102 valence electrons. The molecule has 0 saturated heterocycles. The van der Waals surface area contributed by atoms with Crippen LogP contribution in [0, 0.1) is 0 Å². The molecule has 20 heavy (non-hydrogen) atoms. The molecule has 0 atom stereocenters. The Kier molecular flexibility index (Phi) is 4.00. The van der Waals surface area contributed by atoms with Crippen molar-refractivity contribution in [2.45, 2.75) is 13.1 Å². The number of nitrogens with two attached hydrogens (primary N) is 1. The molecule has 3 rings (SSSR count). The van der Waals surface area contributed by atoms with E-state index in [1.165, 1.54) is 4.88 Å². The second-order valence-electron chi connectivity index (χ2n) is 4.55. The summed E-state index contributed by atoms with van der Waals surface area (Å²) in [5.41, 5.74) is 8.77. The molecule has 0 aliphatic carbocycles. The normalized spacial score (nSPS) is 11.1. The molecule has 0 spiro atoms. The molecular formula is C15H14BrN3S. The van der Waals surface area contributed by atoms with Crippen molar-refractivity contribution >= 4 is 43.9 Å². The van der Waals surface area contributed by atoms with Crippen LogP contribution in [0.15, 0.2) is 46.3 Å². The van der Waals surface area contributed by atoms with Gasteiger partial charge in [-0.05, 0) is 34.1 Å². The van der Waals surface area contributed by atoms with E-state index in [-0.39, 0.29) is 0 Å². The van der Waals surface area contributed by atoms with Gasteiger partial charge in [0.2, 0.25) is 0 Å². The maximum absolute atomic E-state index is 6.07. The first kappa shape index (κ1) is 13.5. The Bertz CT molecular complexity index is 739. The number of hydrogen-bond acceptors (Lipinski definition) is 4. The van der Waals surface area contributed by atoms with Crippen LogP contribution >= 0.6 is 27.3 Å². The van der Waals surface area contributed by atoms with Gasteiger partial charge in [-0.3, -0.25) is 4.98 Å². The van der Waals surface area contributed by atoms with Gasteiger partial charge in [0, 0.05) is 38.9 Å². The van der Waals surface area contributed by atoms with Crippen LogP contribution in [0.4, 0.5) is 5.69 Å². The van der Waals surface area contributed by atoms with Crippen LogP contribution in [0.3, 0.4) is 0 Å². The van der Waals surface area contributed by atoms with Gasteiger partial charge in [-0.15, -0.1) is 11.3 Å². The summed E-state index contributed by atoms with van der Waals surface area (Å²) in [5, 5.41) is 6.49. The van der Waals surface area contributed by atoms with Crippen LogP contribution in [0.25, 0.3) is 10.9 Å². The second-order valence-corrected chi connectivity index (χ2v) is 6.47. The molecule has 5 heteroatoms. The van der Waals surface area contributed by atoms with Gasteiger partial charge in [0.15, 0.2) is 0 Å². The highest BCUT2D eigenvalue weighted by Crippen LogP contribution is 2.21. The summed E-state index contributed by atoms with van der Waals surface area (Å²) in [7, 11) is 0. The summed E-state index contributed by atoms with van der Waals surface area (Å²) in [5.74, 6) is 0. The lowest BCUT2D eigenvalue weighted by molar-refractivity contribution is 0.689. The third-order valence-corrected chi connectivity index (χ3v) is 4.73. The SMILES string of the molecule is Nc1cc(CNCc2cc(Br)cs2)nc2ccccc12. The van der Waals surface area contributed by atoms with Crippen molar-refractivity contribution in [1.29, 1.82) is 0 Å². The number of aromatic nitrogens is 1. The minimum Gasteiger partial charge on any atom is -0.398 e. The van der Waals surface area contributed by atoms with E-state index < -0.39 is 0 Å². The lowest BCUT2D eigenvalue weighted by Gasteiger charge is -2.07. The number of nitrogen functional groups attached to an aromatic ring is 1. The number of benzene rings is 1. The fourth-order valence-electron chi connectivity index (χ4n) is 2.11. The zero-order chi connectivity index (χ0) is 13.9. The summed E-state index contributed by atoms with van der Waals surface area (Å²) in [6.45, 7) is 1.55. The van der Waals surface area contributed by atoms with Gasteiger partial charge in [-0.25, -0.2) is 0 Å². The quantitative estimate of drug-likeness (QED) is 0.751. The van der Waals surface area contributed by atoms with E-state index in [2.05, 4.69) is 37.7 Å². The lowest BCUT2D eigenvalue weighted by Crippen LogP contribution is -2.13. The number of pyridine rings is 1. The van der Waals surface area contributed by atoms with Crippen LogP contribution in [0.1, 0.15) is 10.6 Å². The summed E-state index contributed by atoms with van der Waals surface area (Å²) in [4.78, 5) is 5.92. The predicted octanol–water partition coefficient (Wildman–Crippen LogP) is 3.93. The average molecular weight is 348 g/mol. The lowest BCUT2D eigenvalue weighted by atomic mass is 10.1. The van der Waals surface area contributed by atoms with Crippen molar-refractivity contribution in [1.82, 2.24) is 10.3 Å². The van der Waals surface area contributed by atoms with E-state index in [1.807, 2.05) is 30.3 Å². The number of fused-ring (bicyclic) bond motifs is 1. The molecule has 3 aromatic rings. The van der Waals surface area contributed by atoms with Crippen molar-refractivity contribution in [2.75, 3.05) is 5.73 Å². The first-order valence-corrected chi connectivity index (χ1v) is 7.97. The van der Waals surface area contributed by atoms with Crippen molar-refractivity contribution in [3.8, 4) is 0 Å². The topological polar surface area (TPSA) is 50.9 Å². The van der Waals surface area contributed by atoms with Crippen molar-refractivity contribution in [3.05, 3.63) is 56.8 Å². The largest absolute Gasteiger partial charge is 0.398 e. The zero-order valence-corrected chi connectivity index (χ0v) is 13.2. The Labute approximate surface area is 130 Å². The third kappa shape index (κ3) is 3.00. The summed E-state index contributed by atoms with van der Waals surface area (Å²) in [6.07, 6.45) is 0. The van der Waals surface area contributed by atoms with Gasteiger partial charge in [0.05, 0.1) is 11.2 Å². The number of halogens is 1. The average Bonchev–Trinajstić information content (AvgIpc) is 2.85. The highest BCUT2D eigenvalue weighted by atomic mass is 79.9. The third-order valence-electron chi connectivity index (χ3n) is 3.03. The molecule has 3 nitrogen and oxygen atoms in total. The van der Waals surface area contributed by atoms with Crippen molar-refractivity contribution in [2.24, 2.45) is 0 Å². The van der Waals surface area contributed by atoms with E-state index >= 15 is 0 Å². The fraction of sp³-hybridized carbons (Fsp3) is 0.133. The van der Waals surface area contributed by atoms with Crippen LogP contribution in [0.5, 0.6) is 0 Å². The number of anilines is 1. The first-order valence-electron chi connectivity index (χ1n) is 6.30. The Morgan fingerprint density at radius 3 is 2.85 bits per heavy atom. The monoisotopic (exact) mass is 347 g/mol. The number of para-hydroxylation sites is 1. The highest BCUT2D eigenvalue weighted by Gasteiger charge is 2.03. The molecule has 0 aliphatic rings. The van der Waals surface area contributed by atoms with Gasteiger partial charge in [0.25, 0.3) is 0 Å². The second kappa shape index (κ2) is 5.91. The highest BCUT2D eigenvalue weighted by molar-refractivity contribution is 9.10. The number of hydrogen-bond donors (Lipinski definition) is 2. The molecule has 0 amide bonds. The summed E-state index contributed by atoms with van der Waals surface area (Å²) in [6, 6.07) is 12.0. The van der Waals surface area contributed by atoms with Gasteiger partial charge in [-0.1, -0.05) is 18.2 Å². The summed E-state index contributed by atoms with van der Waals surface area (Å²) < 4.78 is 1.13. The van der Waals surface area contributed by atoms with Gasteiger partial charge in [0.1, 0.15) is 0 Å². The first-order chi connectivity index (χ1) is 9.72. The molecule has 2 heterocycles. The van der Waals surface area contributed by atoms with Crippen molar-refractivity contribution < 1.29 is 0 Å². The predicted molar refractivity (Wildman–Crippen MR) is 88.7 cm³/mol. The Hall–Kier alpha value is -1.43. The maximum atomic E-state index is 6.07. The van der Waals surface area contributed by atoms with Gasteiger partial charge < -0.3 is 11.1 Å². The van der Waals surface area contributed by atoms with Gasteiger partial charge in [-0.2, -0.15) is 0 Å². The molecule has 0 fully saturated rings. The maximum Gasteiger partial charge on any atom is 0.0726 e. The fourth-order valence-corrected chi connectivity index (χ4v) is 3.53. The van der Waals surface area contributed by atoms with Crippen LogP contribution in [-0.2, 0) is 13.1 Å². The molecule has 3 N–H and O–H groups in total. The minimum atomic E-state index is 0.713. The van der Waals surface area contributed by atoms with Crippen molar-refractivity contribution in [3.63, 3.8) is 0 Å². The van der Waals surface area contributed by atoms with Gasteiger partial charge >= 0.3 is 0 Å².